The summed E-state index contributed by atoms with van der Waals surface area (Å²) in [6, 6.07) is 18.1. The topological polar surface area (TPSA) is 55.1 Å². The first-order valence-electron chi connectivity index (χ1n) is 7.92. The van der Waals surface area contributed by atoms with Gasteiger partial charge in [0.25, 0.3) is 5.91 Å². The largest absolute Gasteiger partial charge is 0.436 e. The quantitative estimate of drug-likeness (QED) is 0.285. The minimum atomic E-state index is -0.213. The van der Waals surface area contributed by atoms with E-state index in [-0.39, 0.29) is 5.91 Å². The third-order valence-electron chi connectivity index (χ3n) is 3.91. The predicted molar refractivity (Wildman–Crippen MR) is 119 cm³/mol. The average Bonchev–Trinajstić information content (AvgIpc) is 3.07. The Morgan fingerprint density at radius 3 is 2.63 bits per heavy atom. The van der Waals surface area contributed by atoms with Crippen molar-refractivity contribution in [3.8, 4) is 11.5 Å². The maximum Gasteiger partial charge on any atom is 0.255 e. The second-order valence-electron chi connectivity index (χ2n) is 5.79. The van der Waals surface area contributed by atoms with Crippen LogP contribution in [0.25, 0.3) is 22.6 Å². The number of nitrogens with one attached hydrogen (secondary N) is 1. The normalized spacial score (nSPS) is 10.9. The smallest absolute Gasteiger partial charge is 0.255 e. The van der Waals surface area contributed by atoms with Crippen molar-refractivity contribution >= 4 is 72.8 Å². The van der Waals surface area contributed by atoms with Crippen LogP contribution in [0.15, 0.2) is 69.6 Å². The van der Waals surface area contributed by atoms with E-state index in [1.54, 1.807) is 42.5 Å². The summed E-state index contributed by atoms with van der Waals surface area (Å²) in [7, 11) is 0. The van der Waals surface area contributed by atoms with Crippen LogP contribution in [0.4, 0.5) is 5.69 Å². The predicted octanol–water partition coefficient (Wildman–Crippen LogP) is 6.77. The molecule has 7 heteroatoms. The van der Waals surface area contributed by atoms with E-state index in [2.05, 4.69) is 48.8 Å². The number of fused-ring (bicyclic) bond motifs is 1. The highest BCUT2D eigenvalue weighted by atomic mass is 127. The number of oxazole rings is 1. The number of aromatic nitrogens is 1. The van der Waals surface area contributed by atoms with Crippen LogP contribution < -0.4 is 5.32 Å². The van der Waals surface area contributed by atoms with Crippen molar-refractivity contribution in [1.29, 1.82) is 0 Å². The summed E-state index contributed by atoms with van der Waals surface area (Å²) >= 11 is 11.6. The molecule has 0 radical (unpaired) electrons. The van der Waals surface area contributed by atoms with Gasteiger partial charge in [0.2, 0.25) is 5.89 Å². The van der Waals surface area contributed by atoms with Crippen molar-refractivity contribution in [2.75, 3.05) is 5.32 Å². The molecule has 27 heavy (non-hydrogen) atoms. The summed E-state index contributed by atoms with van der Waals surface area (Å²) < 4.78 is 7.87. The fraction of sp³-hybridized carbons (Fsp3) is 0. The van der Waals surface area contributed by atoms with Crippen LogP contribution in [-0.4, -0.2) is 10.9 Å². The summed E-state index contributed by atoms with van der Waals surface area (Å²) in [5.74, 6) is 0.312. The van der Waals surface area contributed by atoms with Crippen molar-refractivity contribution in [3.63, 3.8) is 0 Å². The molecule has 3 aromatic carbocycles. The first-order valence-corrected chi connectivity index (χ1v) is 10.2. The van der Waals surface area contributed by atoms with Gasteiger partial charge in [-0.05, 0) is 99.2 Å². The van der Waals surface area contributed by atoms with E-state index in [4.69, 9.17) is 16.0 Å². The molecule has 4 aromatic rings. The van der Waals surface area contributed by atoms with Crippen LogP contribution in [0, 0.1) is 3.57 Å². The maximum absolute atomic E-state index is 12.4. The Balaban J connectivity index is 1.64. The average molecular weight is 554 g/mol. The SMILES string of the molecule is O=C(Nc1ccc2oc(-c3cc(I)ccc3Br)nc2c1)c1ccc(Cl)cc1. The lowest BCUT2D eigenvalue weighted by molar-refractivity contribution is 0.102. The molecule has 1 heterocycles. The van der Waals surface area contributed by atoms with E-state index in [1.807, 2.05) is 18.2 Å². The highest BCUT2D eigenvalue weighted by Gasteiger charge is 2.13. The Morgan fingerprint density at radius 1 is 1.07 bits per heavy atom. The fourth-order valence-electron chi connectivity index (χ4n) is 2.59. The molecule has 0 aliphatic rings. The van der Waals surface area contributed by atoms with Crippen molar-refractivity contribution in [3.05, 3.63) is 79.3 Å². The molecule has 134 valence electrons. The van der Waals surface area contributed by atoms with E-state index in [0.29, 0.717) is 33.3 Å². The minimum Gasteiger partial charge on any atom is -0.436 e. The van der Waals surface area contributed by atoms with Gasteiger partial charge < -0.3 is 9.73 Å². The number of amides is 1. The Kier molecular flexibility index (Phi) is 5.21. The van der Waals surface area contributed by atoms with E-state index in [9.17, 15) is 4.79 Å². The number of carbonyl (C=O) groups is 1. The minimum absolute atomic E-state index is 0.213. The van der Waals surface area contributed by atoms with Crippen LogP contribution >= 0.6 is 50.1 Å². The lowest BCUT2D eigenvalue weighted by Gasteiger charge is -2.05. The molecule has 0 aliphatic heterocycles. The van der Waals surface area contributed by atoms with E-state index >= 15 is 0 Å². The number of hydrogen-bond acceptors (Lipinski definition) is 3. The van der Waals surface area contributed by atoms with E-state index < -0.39 is 0 Å². The molecule has 0 bridgehead atoms. The van der Waals surface area contributed by atoms with Gasteiger partial charge in [-0.15, -0.1) is 0 Å². The van der Waals surface area contributed by atoms with Gasteiger partial charge in [0.1, 0.15) is 5.52 Å². The number of nitrogens with zero attached hydrogens (tertiary/aromatic N) is 1. The van der Waals surface area contributed by atoms with Gasteiger partial charge in [0.05, 0.1) is 5.56 Å². The number of carbonyl (C=O) groups excluding carboxylic acids is 1. The summed E-state index contributed by atoms with van der Waals surface area (Å²) in [5, 5.41) is 3.45. The number of hydrogen-bond donors (Lipinski definition) is 1. The van der Waals surface area contributed by atoms with Crippen molar-refractivity contribution in [2.24, 2.45) is 0 Å². The molecule has 1 N–H and O–H groups in total. The van der Waals surface area contributed by atoms with E-state index in [1.165, 1.54) is 0 Å². The number of benzene rings is 3. The number of rotatable bonds is 3. The molecular formula is C20H11BrClIN2O2. The highest BCUT2D eigenvalue weighted by Crippen LogP contribution is 2.32. The van der Waals surface area contributed by atoms with Gasteiger partial charge in [-0.3, -0.25) is 4.79 Å². The molecule has 0 spiro atoms. The Bertz CT molecular complexity index is 1160. The third kappa shape index (κ3) is 4.02. The molecule has 4 rings (SSSR count). The molecule has 0 aliphatic carbocycles. The molecule has 0 atom stereocenters. The number of anilines is 1. The Hall–Kier alpha value is -1.90. The Morgan fingerprint density at radius 2 is 1.85 bits per heavy atom. The zero-order chi connectivity index (χ0) is 19.0. The maximum atomic E-state index is 12.4. The van der Waals surface area contributed by atoms with Crippen molar-refractivity contribution in [1.82, 2.24) is 4.98 Å². The molecule has 1 amide bonds. The summed E-state index contributed by atoms with van der Waals surface area (Å²) in [6.45, 7) is 0. The van der Waals surface area contributed by atoms with Crippen molar-refractivity contribution in [2.45, 2.75) is 0 Å². The van der Waals surface area contributed by atoms with Crippen LogP contribution in [0.1, 0.15) is 10.4 Å². The zero-order valence-electron chi connectivity index (χ0n) is 13.7. The van der Waals surface area contributed by atoms with Gasteiger partial charge >= 0.3 is 0 Å². The second-order valence-corrected chi connectivity index (χ2v) is 8.32. The third-order valence-corrected chi connectivity index (χ3v) is 5.53. The second kappa shape index (κ2) is 7.61. The van der Waals surface area contributed by atoms with Crippen molar-refractivity contribution < 1.29 is 9.21 Å². The van der Waals surface area contributed by atoms with Gasteiger partial charge in [-0.25, -0.2) is 4.98 Å². The first kappa shape index (κ1) is 18.5. The van der Waals surface area contributed by atoms with Crippen LogP contribution in [-0.2, 0) is 0 Å². The van der Waals surface area contributed by atoms with Gasteiger partial charge in [-0.2, -0.15) is 0 Å². The molecule has 4 nitrogen and oxygen atoms in total. The summed E-state index contributed by atoms with van der Waals surface area (Å²) in [5.41, 5.74) is 3.38. The molecular weight excluding hydrogens is 542 g/mol. The molecule has 0 saturated carbocycles. The summed E-state index contributed by atoms with van der Waals surface area (Å²) in [6.07, 6.45) is 0. The molecule has 0 saturated heterocycles. The fourth-order valence-corrected chi connectivity index (χ4v) is 3.62. The van der Waals surface area contributed by atoms with E-state index in [0.717, 1.165) is 13.6 Å². The van der Waals surface area contributed by atoms with Gasteiger partial charge in [0, 0.05) is 24.3 Å². The number of halogens is 3. The van der Waals surface area contributed by atoms with Gasteiger partial charge in [0.15, 0.2) is 5.58 Å². The van der Waals surface area contributed by atoms with Gasteiger partial charge in [-0.1, -0.05) is 11.6 Å². The lowest BCUT2D eigenvalue weighted by Crippen LogP contribution is -2.11. The molecule has 0 unspecified atom stereocenters. The zero-order valence-corrected chi connectivity index (χ0v) is 18.2. The lowest BCUT2D eigenvalue weighted by atomic mass is 10.2. The molecule has 0 fully saturated rings. The Labute approximate surface area is 182 Å². The highest BCUT2D eigenvalue weighted by molar-refractivity contribution is 14.1. The standard InChI is InChI=1S/C20H11BrClIN2O2/c21-16-7-5-13(23)9-15(16)20-25-17-10-14(6-8-18(17)27-20)24-19(26)11-1-3-12(22)4-2-11/h1-10H,(H,24,26). The van der Waals surface area contributed by atoms with Crippen LogP contribution in [0.2, 0.25) is 5.02 Å². The molecule has 1 aromatic heterocycles. The summed E-state index contributed by atoms with van der Waals surface area (Å²) in [4.78, 5) is 16.9. The van der Waals surface area contributed by atoms with Crippen LogP contribution in [0.3, 0.4) is 0 Å². The monoisotopic (exact) mass is 552 g/mol. The first-order chi connectivity index (χ1) is 13.0. The van der Waals surface area contributed by atoms with Crippen LogP contribution in [0.5, 0.6) is 0 Å².